The van der Waals surface area contributed by atoms with Gasteiger partial charge in [-0.3, -0.25) is 9.59 Å². The number of benzene rings is 2. The molecule has 6 nitrogen and oxygen atoms in total. The van der Waals surface area contributed by atoms with Gasteiger partial charge >= 0.3 is 11.9 Å². The van der Waals surface area contributed by atoms with Crippen molar-refractivity contribution in [2.24, 2.45) is 5.92 Å². The normalized spacial score (nSPS) is 20.8. The van der Waals surface area contributed by atoms with Crippen LogP contribution in [0.2, 0.25) is 0 Å². The summed E-state index contributed by atoms with van der Waals surface area (Å²) in [6.45, 7) is 5.53. The highest BCUT2D eigenvalue weighted by Gasteiger charge is 2.49. The SMILES string of the molecule is CC(C)(C)OC(=O)CC1C(Sc2cccc(Br)c2)CN(C(=O)c2ccccc2)C1C(=O)O. The summed E-state index contributed by atoms with van der Waals surface area (Å²) in [4.78, 5) is 40.5. The molecule has 8 heteroatoms. The molecule has 0 aromatic heterocycles. The molecular formula is C24H26BrNO5S. The van der Waals surface area contributed by atoms with Crippen LogP contribution in [0, 0.1) is 5.92 Å². The molecule has 0 radical (unpaired) electrons. The number of likely N-dealkylation sites (tertiary alicyclic amines) is 1. The minimum atomic E-state index is -1.13. The Morgan fingerprint density at radius 1 is 1.12 bits per heavy atom. The van der Waals surface area contributed by atoms with Crippen LogP contribution in [0.1, 0.15) is 37.6 Å². The van der Waals surface area contributed by atoms with E-state index >= 15 is 0 Å². The molecule has 0 spiro atoms. The predicted octanol–water partition coefficient (Wildman–Crippen LogP) is 4.87. The number of halogens is 1. The Morgan fingerprint density at radius 3 is 2.41 bits per heavy atom. The van der Waals surface area contributed by atoms with Gasteiger partial charge in [0, 0.05) is 32.6 Å². The molecule has 1 amide bonds. The van der Waals surface area contributed by atoms with Crippen LogP contribution in [0.25, 0.3) is 0 Å². The molecule has 0 bridgehead atoms. The number of amides is 1. The van der Waals surface area contributed by atoms with E-state index in [0.29, 0.717) is 5.56 Å². The molecule has 3 rings (SSSR count). The molecule has 3 unspecified atom stereocenters. The number of thioether (sulfide) groups is 1. The zero-order chi connectivity index (χ0) is 23.5. The maximum Gasteiger partial charge on any atom is 0.326 e. The topological polar surface area (TPSA) is 83.9 Å². The van der Waals surface area contributed by atoms with Gasteiger partial charge in [-0.2, -0.15) is 0 Å². The number of carbonyl (C=O) groups excluding carboxylic acids is 2. The van der Waals surface area contributed by atoms with Crippen molar-refractivity contribution in [3.63, 3.8) is 0 Å². The van der Waals surface area contributed by atoms with Crippen LogP contribution in [0.15, 0.2) is 64.0 Å². The summed E-state index contributed by atoms with van der Waals surface area (Å²) in [5.41, 5.74) is -0.260. The molecule has 1 heterocycles. The molecule has 32 heavy (non-hydrogen) atoms. The summed E-state index contributed by atoms with van der Waals surface area (Å²) >= 11 is 4.93. The molecule has 1 aliphatic heterocycles. The quantitative estimate of drug-likeness (QED) is 0.548. The first-order valence-electron chi connectivity index (χ1n) is 10.3. The minimum Gasteiger partial charge on any atom is -0.480 e. The van der Waals surface area contributed by atoms with Crippen LogP contribution in [0.3, 0.4) is 0 Å². The van der Waals surface area contributed by atoms with Crippen molar-refractivity contribution >= 4 is 45.5 Å². The first-order chi connectivity index (χ1) is 15.0. The predicted molar refractivity (Wildman–Crippen MR) is 127 cm³/mol. The Labute approximate surface area is 200 Å². The molecule has 0 aliphatic carbocycles. The monoisotopic (exact) mass is 519 g/mol. The molecule has 0 saturated carbocycles. The van der Waals surface area contributed by atoms with Gasteiger partial charge in [-0.1, -0.05) is 40.2 Å². The van der Waals surface area contributed by atoms with E-state index in [4.69, 9.17) is 4.74 Å². The molecule has 2 aromatic carbocycles. The lowest BCUT2D eigenvalue weighted by Crippen LogP contribution is -2.44. The zero-order valence-electron chi connectivity index (χ0n) is 18.2. The lowest BCUT2D eigenvalue weighted by molar-refractivity contribution is -0.156. The van der Waals surface area contributed by atoms with E-state index in [2.05, 4.69) is 15.9 Å². The van der Waals surface area contributed by atoms with Crippen molar-refractivity contribution in [1.29, 1.82) is 0 Å². The summed E-state index contributed by atoms with van der Waals surface area (Å²) in [5.74, 6) is -2.55. The third kappa shape index (κ3) is 6.13. The summed E-state index contributed by atoms with van der Waals surface area (Å²) in [7, 11) is 0. The average molecular weight is 520 g/mol. The Morgan fingerprint density at radius 2 is 1.81 bits per heavy atom. The van der Waals surface area contributed by atoms with Crippen LogP contribution in [0.5, 0.6) is 0 Å². The molecule has 1 N–H and O–H groups in total. The van der Waals surface area contributed by atoms with E-state index < -0.39 is 29.5 Å². The molecular weight excluding hydrogens is 494 g/mol. The summed E-state index contributed by atoms with van der Waals surface area (Å²) in [6, 6.07) is 15.2. The highest BCUT2D eigenvalue weighted by atomic mass is 79.9. The van der Waals surface area contributed by atoms with Crippen LogP contribution >= 0.6 is 27.7 Å². The van der Waals surface area contributed by atoms with Gasteiger partial charge in [0.1, 0.15) is 11.6 Å². The van der Waals surface area contributed by atoms with E-state index in [1.165, 1.54) is 16.7 Å². The zero-order valence-corrected chi connectivity index (χ0v) is 20.6. The Hall–Kier alpha value is -2.32. The summed E-state index contributed by atoms with van der Waals surface area (Å²) < 4.78 is 6.37. The number of carboxylic acids is 1. The van der Waals surface area contributed by atoms with Gasteiger partial charge in [-0.15, -0.1) is 11.8 Å². The van der Waals surface area contributed by atoms with Gasteiger partial charge in [0.25, 0.3) is 5.91 Å². The number of ether oxygens (including phenoxy) is 1. The highest BCUT2D eigenvalue weighted by Crippen LogP contribution is 2.40. The van der Waals surface area contributed by atoms with Crippen LogP contribution in [-0.4, -0.2) is 51.3 Å². The van der Waals surface area contributed by atoms with Crippen molar-refractivity contribution in [3.05, 3.63) is 64.6 Å². The van der Waals surface area contributed by atoms with Crippen LogP contribution in [0.4, 0.5) is 0 Å². The summed E-state index contributed by atoms with van der Waals surface area (Å²) in [5, 5.41) is 9.77. The fourth-order valence-corrected chi connectivity index (χ4v) is 5.72. The van der Waals surface area contributed by atoms with E-state index in [-0.39, 0.29) is 24.1 Å². The third-order valence-corrected chi connectivity index (χ3v) is 6.86. The number of aliphatic carboxylic acids is 1. The van der Waals surface area contributed by atoms with E-state index in [0.717, 1.165) is 9.37 Å². The van der Waals surface area contributed by atoms with E-state index in [1.54, 1.807) is 51.1 Å². The molecule has 1 saturated heterocycles. The lowest BCUT2D eigenvalue weighted by atomic mass is 9.95. The van der Waals surface area contributed by atoms with Gasteiger partial charge in [0.2, 0.25) is 0 Å². The first-order valence-corrected chi connectivity index (χ1v) is 12.0. The standard InChI is InChI=1S/C24H26BrNO5S/c1-24(2,3)31-20(27)13-18-19(32-17-11-7-10-16(25)12-17)14-26(21(18)23(29)30)22(28)15-8-5-4-6-9-15/h4-12,18-19,21H,13-14H2,1-3H3,(H,29,30). The van der Waals surface area contributed by atoms with Gasteiger partial charge in [-0.25, -0.2) is 4.79 Å². The number of esters is 1. The van der Waals surface area contributed by atoms with Crippen molar-refractivity contribution < 1.29 is 24.2 Å². The minimum absolute atomic E-state index is 0.0848. The second-order valence-electron chi connectivity index (χ2n) is 8.67. The first kappa shape index (κ1) is 24.3. The molecule has 2 aromatic rings. The fraction of sp³-hybridized carbons (Fsp3) is 0.375. The van der Waals surface area contributed by atoms with Crippen molar-refractivity contribution in [2.45, 2.75) is 49.0 Å². The maximum absolute atomic E-state index is 13.2. The Bertz CT molecular complexity index is 991. The molecule has 170 valence electrons. The number of rotatable bonds is 6. The number of carbonyl (C=O) groups is 3. The van der Waals surface area contributed by atoms with E-state index in [1.807, 2.05) is 24.3 Å². The van der Waals surface area contributed by atoms with Crippen LogP contribution in [-0.2, 0) is 14.3 Å². The molecule has 1 aliphatic rings. The number of hydrogen-bond donors (Lipinski definition) is 1. The smallest absolute Gasteiger partial charge is 0.326 e. The number of carboxylic acid groups (broad SMARTS) is 1. The lowest BCUT2D eigenvalue weighted by Gasteiger charge is -2.26. The van der Waals surface area contributed by atoms with Gasteiger partial charge in [-0.05, 0) is 51.1 Å². The van der Waals surface area contributed by atoms with Crippen LogP contribution < -0.4 is 0 Å². The third-order valence-electron chi connectivity index (χ3n) is 5.04. The second-order valence-corrected chi connectivity index (χ2v) is 10.9. The Kier molecular flexibility index (Phi) is 7.67. The maximum atomic E-state index is 13.2. The molecule has 3 atom stereocenters. The average Bonchev–Trinajstić information content (AvgIpc) is 3.04. The summed E-state index contributed by atoms with van der Waals surface area (Å²) in [6.07, 6.45) is -0.0848. The molecule has 1 fully saturated rings. The number of hydrogen-bond acceptors (Lipinski definition) is 5. The largest absolute Gasteiger partial charge is 0.480 e. The van der Waals surface area contributed by atoms with Gasteiger partial charge in [0.15, 0.2) is 0 Å². The van der Waals surface area contributed by atoms with Crippen molar-refractivity contribution in [3.8, 4) is 0 Å². The van der Waals surface area contributed by atoms with E-state index in [9.17, 15) is 19.5 Å². The second kappa shape index (κ2) is 10.1. The number of nitrogens with zero attached hydrogens (tertiary/aromatic N) is 1. The Balaban J connectivity index is 1.93. The highest BCUT2D eigenvalue weighted by molar-refractivity contribution is 9.10. The van der Waals surface area contributed by atoms with Crippen molar-refractivity contribution in [2.75, 3.05) is 6.54 Å². The van der Waals surface area contributed by atoms with Crippen molar-refractivity contribution in [1.82, 2.24) is 4.90 Å². The van der Waals surface area contributed by atoms with Gasteiger partial charge in [0.05, 0.1) is 6.42 Å². The van der Waals surface area contributed by atoms with Gasteiger partial charge < -0.3 is 14.7 Å². The fourth-order valence-electron chi connectivity index (χ4n) is 3.81.